The number of carbonyl (C=O) groups is 1. The van der Waals surface area contributed by atoms with E-state index in [-0.39, 0.29) is 17.3 Å². The van der Waals surface area contributed by atoms with Gasteiger partial charge in [0.1, 0.15) is 0 Å². The fraction of sp³-hybridized carbons (Fsp3) is 0.500. The van der Waals surface area contributed by atoms with E-state index in [2.05, 4.69) is 5.32 Å². The van der Waals surface area contributed by atoms with Crippen LogP contribution >= 0.6 is 0 Å². The zero-order chi connectivity index (χ0) is 15.5. The highest BCUT2D eigenvalue weighted by Crippen LogP contribution is 2.31. The molecule has 3 N–H and O–H groups in total. The maximum Gasteiger partial charge on any atom is 0.232 e. The van der Waals surface area contributed by atoms with Crippen LogP contribution in [-0.4, -0.2) is 40.3 Å². The number of rotatable bonds is 4. The molecule has 1 heterocycles. The zero-order valence-electron chi connectivity index (χ0n) is 12.0. The van der Waals surface area contributed by atoms with Gasteiger partial charge in [-0.2, -0.15) is 0 Å². The Morgan fingerprint density at radius 2 is 1.86 bits per heavy atom. The van der Waals surface area contributed by atoms with E-state index in [0.717, 1.165) is 6.26 Å². The average molecular weight is 312 g/mol. The Bertz CT molecular complexity index is 604. The Balaban J connectivity index is 2.12. The molecule has 1 saturated heterocycles. The molecule has 0 bridgehead atoms. The molecule has 0 saturated carbocycles. The molecule has 0 aromatic heterocycles. The van der Waals surface area contributed by atoms with Gasteiger partial charge in [-0.15, -0.1) is 0 Å². The second-order valence-corrected chi connectivity index (χ2v) is 7.36. The van der Waals surface area contributed by atoms with Crippen LogP contribution in [0.2, 0.25) is 0 Å². The van der Waals surface area contributed by atoms with Crippen molar-refractivity contribution < 1.29 is 17.9 Å². The van der Waals surface area contributed by atoms with Crippen LogP contribution in [0.4, 0.5) is 5.69 Å². The molecule has 2 rings (SSSR count). The number of anilines is 1. The van der Waals surface area contributed by atoms with Gasteiger partial charge >= 0.3 is 0 Å². The largest absolute Gasteiger partial charge is 0.381 e. The first-order valence-electron chi connectivity index (χ1n) is 6.77. The minimum Gasteiger partial charge on any atom is -0.381 e. The lowest BCUT2D eigenvalue weighted by Crippen LogP contribution is -2.46. The summed E-state index contributed by atoms with van der Waals surface area (Å²) in [7, 11) is -3.23. The van der Waals surface area contributed by atoms with Crippen LogP contribution < -0.4 is 11.1 Å². The van der Waals surface area contributed by atoms with Crippen molar-refractivity contribution in [1.29, 1.82) is 0 Å². The third-order valence-corrected chi connectivity index (χ3v) is 4.99. The van der Waals surface area contributed by atoms with Gasteiger partial charge in [-0.25, -0.2) is 8.42 Å². The molecular formula is C14H20N2O4S. The van der Waals surface area contributed by atoms with Crippen molar-refractivity contribution in [2.45, 2.75) is 17.7 Å². The van der Waals surface area contributed by atoms with Gasteiger partial charge in [0.05, 0.1) is 10.3 Å². The molecule has 6 nitrogen and oxygen atoms in total. The number of benzene rings is 1. The Labute approximate surface area is 124 Å². The third kappa shape index (κ3) is 3.61. The molecule has 1 aliphatic heterocycles. The van der Waals surface area contributed by atoms with E-state index in [9.17, 15) is 13.2 Å². The molecule has 0 radical (unpaired) electrons. The molecule has 1 aromatic carbocycles. The first kappa shape index (κ1) is 15.9. The van der Waals surface area contributed by atoms with E-state index in [1.165, 1.54) is 12.1 Å². The Morgan fingerprint density at radius 3 is 2.33 bits per heavy atom. The van der Waals surface area contributed by atoms with E-state index >= 15 is 0 Å². The van der Waals surface area contributed by atoms with Crippen LogP contribution in [0.25, 0.3) is 0 Å². The second kappa shape index (κ2) is 6.13. The van der Waals surface area contributed by atoms with E-state index in [4.69, 9.17) is 10.5 Å². The summed E-state index contributed by atoms with van der Waals surface area (Å²) in [5, 5.41) is 2.81. The van der Waals surface area contributed by atoms with Crippen molar-refractivity contribution in [3.8, 4) is 0 Å². The van der Waals surface area contributed by atoms with Crippen molar-refractivity contribution in [2.75, 3.05) is 31.3 Å². The van der Waals surface area contributed by atoms with Gasteiger partial charge in [0.15, 0.2) is 9.84 Å². The molecule has 21 heavy (non-hydrogen) atoms. The maximum absolute atomic E-state index is 12.4. The van der Waals surface area contributed by atoms with Crippen LogP contribution in [0.15, 0.2) is 29.2 Å². The number of hydrogen-bond donors (Lipinski definition) is 2. The normalized spacial score (nSPS) is 18.2. The topological polar surface area (TPSA) is 98.5 Å². The Kier molecular flexibility index (Phi) is 4.65. The van der Waals surface area contributed by atoms with Crippen molar-refractivity contribution in [3.05, 3.63) is 24.3 Å². The van der Waals surface area contributed by atoms with Gasteiger partial charge < -0.3 is 15.8 Å². The van der Waals surface area contributed by atoms with Gasteiger partial charge in [-0.1, -0.05) is 0 Å². The SMILES string of the molecule is CS(=O)(=O)c1ccc(NC(=O)C2(CN)CCOCC2)cc1. The number of ether oxygens (including phenoxy) is 1. The van der Waals surface area contributed by atoms with Gasteiger partial charge in [0, 0.05) is 31.7 Å². The summed E-state index contributed by atoms with van der Waals surface area (Å²) in [6.07, 6.45) is 2.33. The van der Waals surface area contributed by atoms with Crippen LogP contribution in [0.3, 0.4) is 0 Å². The van der Waals surface area contributed by atoms with Crippen molar-refractivity contribution in [1.82, 2.24) is 0 Å². The number of sulfone groups is 1. The second-order valence-electron chi connectivity index (χ2n) is 5.35. The highest BCUT2D eigenvalue weighted by molar-refractivity contribution is 7.90. The number of hydrogen-bond acceptors (Lipinski definition) is 5. The summed E-state index contributed by atoms with van der Waals surface area (Å²) < 4.78 is 28.1. The van der Waals surface area contributed by atoms with E-state index < -0.39 is 15.3 Å². The molecule has 1 amide bonds. The van der Waals surface area contributed by atoms with Crippen LogP contribution in [0.5, 0.6) is 0 Å². The maximum atomic E-state index is 12.4. The van der Waals surface area contributed by atoms with Gasteiger partial charge in [-0.3, -0.25) is 4.79 Å². The van der Waals surface area contributed by atoms with Crippen LogP contribution in [0.1, 0.15) is 12.8 Å². The summed E-state index contributed by atoms with van der Waals surface area (Å²) in [4.78, 5) is 12.7. The molecule has 1 aliphatic rings. The highest BCUT2D eigenvalue weighted by Gasteiger charge is 2.38. The molecule has 0 unspecified atom stereocenters. The predicted octanol–water partition coefficient (Wildman–Crippen LogP) is 0.784. The fourth-order valence-corrected chi connectivity index (χ4v) is 2.97. The number of amides is 1. The number of carbonyl (C=O) groups excluding carboxylic acids is 1. The smallest absolute Gasteiger partial charge is 0.232 e. The van der Waals surface area contributed by atoms with Crippen molar-refractivity contribution in [3.63, 3.8) is 0 Å². The van der Waals surface area contributed by atoms with E-state index in [1.807, 2.05) is 0 Å². The molecule has 1 fully saturated rings. The molecule has 0 spiro atoms. The molecule has 0 atom stereocenters. The predicted molar refractivity (Wildman–Crippen MR) is 79.7 cm³/mol. The minimum atomic E-state index is -3.23. The van der Waals surface area contributed by atoms with Crippen molar-refractivity contribution >= 4 is 21.4 Å². The first-order chi connectivity index (χ1) is 9.87. The minimum absolute atomic E-state index is 0.139. The lowest BCUT2D eigenvalue weighted by molar-refractivity contribution is -0.130. The Morgan fingerprint density at radius 1 is 1.29 bits per heavy atom. The van der Waals surface area contributed by atoms with Crippen LogP contribution in [0, 0.1) is 5.41 Å². The first-order valence-corrected chi connectivity index (χ1v) is 8.66. The standard InChI is InChI=1S/C14H20N2O4S/c1-21(18,19)12-4-2-11(3-5-12)16-13(17)14(10-15)6-8-20-9-7-14/h2-5H,6-10,15H2,1H3,(H,16,17). The van der Waals surface area contributed by atoms with Crippen molar-refractivity contribution in [2.24, 2.45) is 11.1 Å². The third-order valence-electron chi connectivity index (χ3n) is 3.86. The average Bonchev–Trinajstić information content (AvgIpc) is 2.47. The quantitative estimate of drug-likeness (QED) is 0.856. The molecule has 1 aromatic rings. The molecule has 0 aliphatic carbocycles. The summed E-state index contributed by atoms with van der Waals surface area (Å²) in [6.45, 7) is 1.32. The lowest BCUT2D eigenvalue weighted by Gasteiger charge is -2.34. The summed E-state index contributed by atoms with van der Waals surface area (Å²) in [5.74, 6) is -0.139. The number of nitrogens with two attached hydrogens (primary N) is 1. The fourth-order valence-electron chi connectivity index (χ4n) is 2.34. The van der Waals surface area contributed by atoms with E-state index in [0.29, 0.717) is 31.7 Å². The molecular weight excluding hydrogens is 292 g/mol. The van der Waals surface area contributed by atoms with E-state index in [1.54, 1.807) is 12.1 Å². The molecule has 7 heteroatoms. The summed E-state index contributed by atoms with van der Waals surface area (Å²) in [5.41, 5.74) is 5.74. The summed E-state index contributed by atoms with van der Waals surface area (Å²) >= 11 is 0. The zero-order valence-corrected chi connectivity index (χ0v) is 12.8. The van der Waals surface area contributed by atoms with Gasteiger partial charge in [0.2, 0.25) is 5.91 Å². The van der Waals surface area contributed by atoms with Gasteiger partial charge in [-0.05, 0) is 37.1 Å². The van der Waals surface area contributed by atoms with Gasteiger partial charge in [0.25, 0.3) is 0 Å². The molecule has 116 valence electrons. The van der Waals surface area contributed by atoms with Crippen LogP contribution in [-0.2, 0) is 19.4 Å². The highest BCUT2D eigenvalue weighted by atomic mass is 32.2. The lowest BCUT2D eigenvalue weighted by atomic mass is 9.79. The number of nitrogens with one attached hydrogen (secondary N) is 1. The summed E-state index contributed by atoms with van der Waals surface area (Å²) in [6, 6.07) is 6.11. The monoisotopic (exact) mass is 312 g/mol. The Hall–Kier alpha value is -1.44.